The second-order valence-corrected chi connectivity index (χ2v) is 7.31. The normalized spacial score (nSPS) is 11.3. The quantitative estimate of drug-likeness (QED) is 0.692. The summed E-state index contributed by atoms with van der Waals surface area (Å²) in [6, 6.07) is 10.7. The Kier molecular flexibility index (Phi) is 6.78. The number of carbonyl (C=O) groups is 1. The van der Waals surface area contributed by atoms with Gasteiger partial charge in [0.1, 0.15) is 0 Å². The Labute approximate surface area is 158 Å². The fourth-order valence-electron chi connectivity index (χ4n) is 2.27. The van der Waals surface area contributed by atoms with Crippen LogP contribution in [0.2, 0.25) is 0 Å². The van der Waals surface area contributed by atoms with E-state index in [1.54, 1.807) is 18.2 Å². The molecule has 0 aliphatic heterocycles. The van der Waals surface area contributed by atoms with E-state index < -0.39 is 15.9 Å². The van der Waals surface area contributed by atoms with Crippen LogP contribution in [0.25, 0.3) is 0 Å². The third-order valence-corrected chi connectivity index (χ3v) is 5.39. The van der Waals surface area contributed by atoms with E-state index in [0.717, 1.165) is 4.47 Å². The smallest absolute Gasteiger partial charge is 0.264 e. The molecule has 0 unspecified atom stereocenters. The molecule has 0 heterocycles. The number of anilines is 1. The van der Waals surface area contributed by atoms with Crippen LogP contribution in [0.3, 0.4) is 0 Å². The van der Waals surface area contributed by atoms with Crippen molar-refractivity contribution in [2.24, 2.45) is 0 Å². The fraction of sp³-hybridized carbons (Fsp3) is 0.278. The summed E-state index contributed by atoms with van der Waals surface area (Å²) in [7, 11) is 0.174. The van der Waals surface area contributed by atoms with Crippen molar-refractivity contribution in [3.05, 3.63) is 48.0 Å². The van der Waals surface area contributed by atoms with Crippen molar-refractivity contribution < 1.29 is 27.5 Å². The van der Waals surface area contributed by atoms with E-state index in [-0.39, 0.29) is 10.5 Å². The second kappa shape index (κ2) is 8.85. The summed E-state index contributed by atoms with van der Waals surface area (Å²) >= 11 is 0. The largest absolute Gasteiger partial charge is 0.493 e. The molecule has 0 radical (unpaired) electrons. The zero-order valence-electron chi connectivity index (χ0n) is 15.6. The van der Waals surface area contributed by atoms with E-state index in [2.05, 4.69) is 5.32 Å². The number of hydrogen-bond donors (Lipinski definition) is 1. The van der Waals surface area contributed by atoms with Gasteiger partial charge in [0.2, 0.25) is 0 Å². The first-order valence-electron chi connectivity index (χ1n) is 8.08. The number of nitrogens with one attached hydrogen (secondary N) is 1. The van der Waals surface area contributed by atoms with Crippen molar-refractivity contribution >= 4 is 21.6 Å². The maximum absolute atomic E-state index is 12.5. The van der Waals surface area contributed by atoms with E-state index >= 15 is 0 Å². The Morgan fingerprint density at radius 1 is 1.11 bits per heavy atom. The third-order valence-electron chi connectivity index (χ3n) is 3.71. The molecule has 0 bridgehead atoms. The number of sulfonamides is 1. The van der Waals surface area contributed by atoms with Gasteiger partial charge in [-0.1, -0.05) is 10.5 Å². The van der Waals surface area contributed by atoms with Crippen LogP contribution in [0.15, 0.2) is 47.4 Å². The first kappa shape index (κ1) is 20.7. The molecule has 0 spiro atoms. The predicted octanol–water partition coefficient (Wildman–Crippen LogP) is 2.53. The molecule has 27 heavy (non-hydrogen) atoms. The number of benzene rings is 2. The molecule has 9 heteroatoms. The summed E-state index contributed by atoms with van der Waals surface area (Å²) in [6.45, 7) is 2.34. The Morgan fingerprint density at radius 2 is 1.85 bits per heavy atom. The van der Waals surface area contributed by atoms with Crippen molar-refractivity contribution in [1.82, 2.24) is 4.47 Å². The fourth-order valence-corrected chi connectivity index (χ4v) is 3.29. The van der Waals surface area contributed by atoms with E-state index in [9.17, 15) is 13.2 Å². The van der Waals surface area contributed by atoms with Gasteiger partial charge in [-0.15, -0.1) is 0 Å². The van der Waals surface area contributed by atoms with Gasteiger partial charge >= 0.3 is 0 Å². The number of hydroxylamine groups is 1. The molecule has 2 aromatic carbocycles. The average Bonchev–Trinajstić information content (AvgIpc) is 2.68. The van der Waals surface area contributed by atoms with Gasteiger partial charge in [0.15, 0.2) is 11.5 Å². The molecule has 0 aromatic heterocycles. The van der Waals surface area contributed by atoms with Crippen LogP contribution in [0.4, 0.5) is 5.69 Å². The molecule has 8 nitrogen and oxygen atoms in total. The van der Waals surface area contributed by atoms with Crippen molar-refractivity contribution in [3.63, 3.8) is 0 Å². The highest BCUT2D eigenvalue weighted by molar-refractivity contribution is 7.89. The van der Waals surface area contributed by atoms with Crippen molar-refractivity contribution in [2.75, 3.05) is 33.2 Å². The monoisotopic (exact) mass is 394 g/mol. The Morgan fingerprint density at radius 3 is 2.48 bits per heavy atom. The van der Waals surface area contributed by atoms with Crippen LogP contribution in [0, 0.1) is 0 Å². The Hall–Kier alpha value is -2.62. The molecule has 0 aliphatic rings. The van der Waals surface area contributed by atoms with E-state index in [1.807, 2.05) is 6.92 Å². The lowest BCUT2D eigenvalue weighted by molar-refractivity contribution is -0.0258. The van der Waals surface area contributed by atoms with Gasteiger partial charge in [-0.3, -0.25) is 9.63 Å². The summed E-state index contributed by atoms with van der Waals surface area (Å²) < 4.78 is 36.0. The van der Waals surface area contributed by atoms with Crippen LogP contribution in [0.1, 0.15) is 17.3 Å². The minimum absolute atomic E-state index is 0.0521. The summed E-state index contributed by atoms with van der Waals surface area (Å²) in [6.07, 6.45) is 0. The van der Waals surface area contributed by atoms with Crippen LogP contribution in [0.5, 0.6) is 11.5 Å². The molecule has 2 aromatic rings. The molecular formula is C18H22N2O6S. The zero-order chi connectivity index (χ0) is 20.0. The lowest BCUT2D eigenvalue weighted by atomic mass is 10.2. The van der Waals surface area contributed by atoms with Gasteiger partial charge in [0.25, 0.3) is 15.9 Å². The number of nitrogens with zero attached hydrogens (tertiary/aromatic N) is 1. The number of hydrogen-bond acceptors (Lipinski definition) is 6. The number of rotatable bonds is 8. The standard InChI is InChI=1S/C18H22N2O6S/c1-5-26-16-10-9-14(12-17(16)24-3)19-18(21)13-7-6-8-15(11-13)27(22,23)20(2)25-4/h6-12H,5H2,1-4H3,(H,19,21). The highest BCUT2D eigenvalue weighted by atomic mass is 32.2. The van der Waals surface area contributed by atoms with Crippen LogP contribution in [-0.2, 0) is 14.9 Å². The topological polar surface area (TPSA) is 94.2 Å². The Bertz CT molecular complexity index is 914. The van der Waals surface area contributed by atoms with Gasteiger partial charge in [-0.2, -0.15) is 0 Å². The predicted molar refractivity (Wildman–Crippen MR) is 101 cm³/mol. The second-order valence-electron chi connectivity index (χ2n) is 5.38. The molecule has 146 valence electrons. The average molecular weight is 394 g/mol. The first-order chi connectivity index (χ1) is 12.8. The van der Waals surface area contributed by atoms with Crippen molar-refractivity contribution in [1.29, 1.82) is 0 Å². The minimum Gasteiger partial charge on any atom is -0.493 e. The SMILES string of the molecule is CCOc1ccc(NC(=O)c2cccc(S(=O)(=O)N(C)OC)c2)cc1OC. The molecule has 0 saturated carbocycles. The van der Waals surface area contributed by atoms with Crippen LogP contribution in [-0.4, -0.2) is 46.7 Å². The molecule has 0 atom stereocenters. The lowest BCUT2D eigenvalue weighted by Gasteiger charge is -2.15. The molecule has 1 amide bonds. The molecule has 0 fully saturated rings. The molecule has 0 aliphatic carbocycles. The summed E-state index contributed by atoms with van der Waals surface area (Å²) in [4.78, 5) is 17.2. The van der Waals surface area contributed by atoms with Crippen LogP contribution >= 0.6 is 0 Å². The molecule has 0 saturated heterocycles. The minimum atomic E-state index is -3.85. The van der Waals surface area contributed by atoms with Crippen molar-refractivity contribution in [2.45, 2.75) is 11.8 Å². The maximum Gasteiger partial charge on any atom is 0.264 e. The molecule has 2 rings (SSSR count). The first-order valence-corrected chi connectivity index (χ1v) is 9.52. The van der Waals surface area contributed by atoms with E-state index in [1.165, 1.54) is 45.5 Å². The van der Waals surface area contributed by atoms with Crippen molar-refractivity contribution in [3.8, 4) is 11.5 Å². The number of ether oxygens (including phenoxy) is 2. The number of amides is 1. The Balaban J connectivity index is 2.25. The van der Waals surface area contributed by atoms with E-state index in [4.69, 9.17) is 14.3 Å². The number of methoxy groups -OCH3 is 1. The van der Waals surface area contributed by atoms with Gasteiger partial charge in [0, 0.05) is 24.4 Å². The van der Waals surface area contributed by atoms with Gasteiger partial charge < -0.3 is 14.8 Å². The lowest BCUT2D eigenvalue weighted by Crippen LogP contribution is -2.26. The van der Waals surface area contributed by atoms with Gasteiger partial charge in [-0.05, 0) is 37.3 Å². The summed E-state index contributed by atoms with van der Waals surface area (Å²) in [5.41, 5.74) is 0.677. The van der Waals surface area contributed by atoms with Crippen LogP contribution < -0.4 is 14.8 Å². The highest BCUT2D eigenvalue weighted by Crippen LogP contribution is 2.30. The summed E-state index contributed by atoms with van der Waals surface area (Å²) in [5.74, 6) is 0.583. The third kappa shape index (κ3) is 4.76. The van der Waals surface area contributed by atoms with E-state index in [0.29, 0.717) is 23.8 Å². The highest BCUT2D eigenvalue weighted by Gasteiger charge is 2.22. The maximum atomic E-state index is 12.5. The number of carbonyl (C=O) groups excluding carboxylic acids is 1. The van der Waals surface area contributed by atoms with Gasteiger partial charge in [-0.25, -0.2) is 8.42 Å². The zero-order valence-corrected chi connectivity index (χ0v) is 16.4. The molecular weight excluding hydrogens is 372 g/mol. The van der Waals surface area contributed by atoms with Gasteiger partial charge in [0.05, 0.1) is 25.7 Å². The summed E-state index contributed by atoms with van der Waals surface area (Å²) in [5, 5.41) is 2.71. The molecule has 1 N–H and O–H groups in total.